The highest BCUT2D eigenvalue weighted by Gasteiger charge is 2.19. The molecule has 2 aromatic carbocycles. The number of hydrogen-bond donors (Lipinski definition) is 0. The zero-order valence-corrected chi connectivity index (χ0v) is 15.1. The highest BCUT2D eigenvalue weighted by Crippen LogP contribution is 2.32. The number of aromatic nitrogens is 1. The van der Waals surface area contributed by atoms with Crippen LogP contribution < -0.4 is 4.74 Å². The lowest BCUT2D eigenvalue weighted by molar-refractivity contribution is 0.414. The molecule has 0 aliphatic heterocycles. The van der Waals surface area contributed by atoms with Gasteiger partial charge >= 0.3 is 0 Å². The lowest BCUT2D eigenvalue weighted by atomic mass is 10.0. The molecule has 3 aromatic rings. The summed E-state index contributed by atoms with van der Waals surface area (Å²) < 4.78 is 7.37. The number of nitriles is 2. The maximum Gasteiger partial charge on any atom is 0.118 e. The number of nitrogens with zero attached hydrogens (tertiary/aromatic N) is 3. The third-order valence-corrected chi connectivity index (χ3v) is 4.70. The van der Waals surface area contributed by atoms with Gasteiger partial charge in [0, 0.05) is 23.5 Å². The number of methoxy groups -OCH3 is 1. The van der Waals surface area contributed by atoms with Crippen LogP contribution in [0, 0.1) is 36.5 Å². The molecule has 4 heteroatoms. The average Bonchev–Trinajstić information content (AvgIpc) is 2.92. The first kappa shape index (κ1) is 17.3. The molecule has 0 bridgehead atoms. The van der Waals surface area contributed by atoms with Gasteiger partial charge in [-0.1, -0.05) is 24.3 Å². The maximum atomic E-state index is 9.70. The lowest BCUT2D eigenvalue weighted by Gasteiger charge is -2.11. The monoisotopic (exact) mass is 341 g/mol. The minimum atomic E-state index is 0.610. The zero-order valence-electron chi connectivity index (χ0n) is 15.1. The van der Waals surface area contributed by atoms with Gasteiger partial charge in [-0.25, -0.2) is 0 Å². The lowest BCUT2D eigenvalue weighted by Crippen LogP contribution is -2.04. The van der Waals surface area contributed by atoms with Crippen LogP contribution in [0.15, 0.2) is 48.5 Å². The summed E-state index contributed by atoms with van der Waals surface area (Å²) in [5.41, 5.74) is 6.31. The highest BCUT2D eigenvalue weighted by atomic mass is 16.5. The van der Waals surface area contributed by atoms with Crippen LogP contribution >= 0.6 is 0 Å². The van der Waals surface area contributed by atoms with Crippen molar-refractivity contribution >= 4 is 0 Å². The quantitative estimate of drug-likeness (QED) is 0.698. The predicted octanol–water partition coefficient (Wildman–Crippen LogP) is 4.57. The van der Waals surface area contributed by atoms with E-state index in [2.05, 4.69) is 16.7 Å². The minimum Gasteiger partial charge on any atom is -0.497 e. The number of ether oxygens (including phenoxy) is 1. The SMILES string of the molecule is COc1ccc(Cn2c(C)c(C#N)c(-c3ccc(C#N)cc3)c2C)cc1. The van der Waals surface area contributed by atoms with Crippen molar-refractivity contribution in [1.29, 1.82) is 10.5 Å². The van der Waals surface area contributed by atoms with Gasteiger partial charge in [0.05, 0.1) is 24.3 Å². The smallest absolute Gasteiger partial charge is 0.118 e. The Morgan fingerprint density at radius 3 is 2.08 bits per heavy atom. The van der Waals surface area contributed by atoms with Crippen molar-refractivity contribution in [3.63, 3.8) is 0 Å². The van der Waals surface area contributed by atoms with Crippen molar-refractivity contribution in [2.24, 2.45) is 0 Å². The summed E-state index contributed by atoms with van der Waals surface area (Å²) in [5.74, 6) is 0.825. The summed E-state index contributed by atoms with van der Waals surface area (Å²) in [6.07, 6.45) is 0. The molecule has 1 aromatic heterocycles. The maximum absolute atomic E-state index is 9.70. The van der Waals surface area contributed by atoms with Gasteiger partial charge in [-0.2, -0.15) is 10.5 Å². The van der Waals surface area contributed by atoms with E-state index in [-0.39, 0.29) is 0 Å². The van der Waals surface area contributed by atoms with E-state index in [1.54, 1.807) is 19.2 Å². The third kappa shape index (κ3) is 3.06. The van der Waals surface area contributed by atoms with Crippen LogP contribution in [0.1, 0.15) is 28.1 Å². The van der Waals surface area contributed by atoms with E-state index >= 15 is 0 Å². The molecule has 0 radical (unpaired) electrons. The Morgan fingerprint density at radius 2 is 1.54 bits per heavy atom. The van der Waals surface area contributed by atoms with Gasteiger partial charge < -0.3 is 9.30 Å². The van der Waals surface area contributed by atoms with Crippen molar-refractivity contribution in [3.8, 4) is 29.0 Å². The summed E-state index contributed by atoms with van der Waals surface area (Å²) in [5, 5.41) is 18.7. The molecule has 3 rings (SSSR count). The zero-order chi connectivity index (χ0) is 18.7. The van der Waals surface area contributed by atoms with E-state index in [1.807, 2.05) is 50.2 Å². The Labute approximate surface area is 153 Å². The fraction of sp³-hybridized carbons (Fsp3) is 0.182. The molecular weight excluding hydrogens is 322 g/mol. The fourth-order valence-electron chi connectivity index (χ4n) is 3.24. The van der Waals surface area contributed by atoms with Crippen LogP contribution in [-0.4, -0.2) is 11.7 Å². The normalized spacial score (nSPS) is 10.2. The van der Waals surface area contributed by atoms with E-state index in [4.69, 9.17) is 10.00 Å². The van der Waals surface area contributed by atoms with Gasteiger partial charge in [-0.15, -0.1) is 0 Å². The molecule has 0 saturated carbocycles. The Kier molecular flexibility index (Phi) is 4.78. The first-order valence-electron chi connectivity index (χ1n) is 8.32. The number of benzene rings is 2. The van der Waals surface area contributed by atoms with Gasteiger partial charge in [0.15, 0.2) is 0 Å². The molecule has 1 heterocycles. The number of rotatable bonds is 4. The van der Waals surface area contributed by atoms with Crippen molar-refractivity contribution in [3.05, 3.63) is 76.6 Å². The first-order chi connectivity index (χ1) is 12.6. The van der Waals surface area contributed by atoms with E-state index < -0.39 is 0 Å². The molecule has 0 aliphatic carbocycles. The van der Waals surface area contributed by atoms with E-state index in [0.717, 1.165) is 33.8 Å². The second-order valence-electron chi connectivity index (χ2n) is 6.16. The Morgan fingerprint density at radius 1 is 0.885 bits per heavy atom. The molecule has 0 spiro atoms. The van der Waals surface area contributed by atoms with E-state index in [0.29, 0.717) is 17.7 Å². The van der Waals surface area contributed by atoms with Gasteiger partial charge in [-0.3, -0.25) is 0 Å². The first-order valence-corrected chi connectivity index (χ1v) is 8.32. The average molecular weight is 341 g/mol. The van der Waals surface area contributed by atoms with Gasteiger partial charge in [0.2, 0.25) is 0 Å². The Hall–Kier alpha value is -3.50. The summed E-state index contributed by atoms with van der Waals surface area (Å²) in [6.45, 7) is 4.69. The molecule has 4 nitrogen and oxygen atoms in total. The largest absolute Gasteiger partial charge is 0.497 e. The number of hydrogen-bond acceptors (Lipinski definition) is 3. The second kappa shape index (κ2) is 7.17. The Balaban J connectivity index is 2.05. The molecule has 0 saturated heterocycles. The molecule has 26 heavy (non-hydrogen) atoms. The van der Waals surface area contributed by atoms with E-state index in [1.165, 1.54) is 0 Å². The third-order valence-electron chi connectivity index (χ3n) is 4.70. The predicted molar refractivity (Wildman–Crippen MR) is 101 cm³/mol. The van der Waals surface area contributed by atoms with Crippen molar-refractivity contribution < 1.29 is 4.74 Å². The summed E-state index contributed by atoms with van der Waals surface area (Å²) in [4.78, 5) is 0. The van der Waals surface area contributed by atoms with Crippen LogP contribution in [-0.2, 0) is 6.54 Å². The van der Waals surface area contributed by atoms with Gasteiger partial charge in [0.25, 0.3) is 0 Å². The van der Waals surface area contributed by atoms with Crippen LogP contribution in [0.25, 0.3) is 11.1 Å². The van der Waals surface area contributed by atoms with Crippen LogP contribution in [0.2, 0.25) is 0 Å². The molecule has 0 unspecified atom stereocenters. The molecule has 0 amide bonds. The molecule has 0 atom stereocenters. The molecule has 0 fully saturated rings. The van der Waals surface area contributed by atoms with Gasteiger partial charge in [0.1, 0.15) is 11.8 Å². The molecular formula is C22H19N3O. The topological polar surface area (TPSA) is 61.7 Å². The molecule has 0 aliphatic rings. The van der Waals surface area contributed by atoms with Crippen LogP contribution in [0.3, 0.4) is 0 Å². The van der Waals surface area contributed by atoms with Crippen molar-refractivity contribution in [2.75, 3.05) is 7.11 Å². The van der Waals surface area contributed by atoms with Gasteiger partial charge in [-0.05, 0) is 49.2 Å². The Bertz CT molecular complexity index is 1010. The van der Waals surface area contributed by atoms with Crippen LogP contribution in [0.4, 0.5) is 0 Å². The van der Waals surface area contributed by atoms with Crippen molar-refractivity contribution in [1.82, 2.24) is 4.57 Å². The van der Waals surface area contributed by atoms with Crippen LogP contribution in [0.5, 0.6) is 5.75 Å². The standard InChI is InChI=1S/C22H19N3O/c1-15-21(13-24)22(19-8-4-17(12-23)5-9-19)16(2)25(15)14-18-6-10-20(26-3)11-7-18/h4-11H,14H2,1-3H3. The summed E-state index contributed by atoms with van der Waals surface area (Å²) in [7, 11) is 1.65. The highest BCUT2D eigenvalue weighted by molar-refractivity contribution is 5.75. The minimum absolute atomic E-state index is 0.610. The summed E-state index contributed by atoms with van der Waals surface area (Å²) >= 11 is 0. The van der Waals surface area contributed by atoms with Crippen molar-refractivity contribution in [2.45, 2.75) is 20.4 Å². The molecule has 0 N–H and O–H groups in total. The fourth-order valence-corrected chi connectivity index (χ4v) is 3.24. The second-order valence-corrected chi connectivity index (χ2v) is 6.16. The molecule has 128 valence electrons. The van der Waals surface area contributed by atoms with E-state index in [9.17, 15) is 5.26 Å². The summed E-state index contributed by atoms with van der Waals surface area (Å²) in [6, 6.07) is 19.8.